The summed E-state index contributed by atoms with van der Waals surface area (Å²) >= 11 is 0. The fraction of sp³-hybridized carbons (Fsp3) is 1.00. The molecule has 0 aliphatic heterocycles. The van der Waals surface area contributed by atoms with Gasteiger partial charge < -0.3 is 28.0 Å². The van der Waals surface area contributed by atoms with Gasteiger partial charge in [-0.05, 0) is 25.7 Å². The van der Waals surface area contributed by atoms with Crippen LogP contribution in [0.25, 0.3) is 0 Å². The first-order chi connectivity index (χ1) is 39.2. The van der Waals surface area contributed by atoms with E-state index in [4.69, 9.17) is 9.05 Å². The van der Waals surface area contributed by atoms with Gasteiger partial charge in [0.1, 0.15) is 15.2 Å². The van der Waals surface area contributed by atoms with Crippen LogP contribution in [0, 0.1) is 0 Å². The molecule has 0 spiro atoms. The van der Waals surface area contributed by atoms with Crippen molar-refractivity contribution in [3.8, 4) is 0 Å². The van der Waals surface area contributed by atoms with E-state index in [0.29, 0.717) is 13.2 Å². The zero-order valence-corrected chi connectivity index (χ0v) is 58.7. The standard InChI is InChI=1S/2C36H75O3P.Fe/c2*1-3-5-7-9-11-13-15-17-19-21-23-25-27-29-31-33-35-39-40(37,38)36-34-32-30-28-26-24-22-20-18-16-14-12-10-8-6-4-2;/h2*3-36H2,1-2H3,(H,37,38);/q;;+2/p-2. The molecule has 0 saturated heterocycles. The minimum absolute atomic E-state index is 0. The van der Waals surface area contributed by atoms with Crippen molar-refractivity contribution in [2.75, 3.05) is 25.5 Å². The quantitative estimate of drug-likeness (QED) is 0.0342. The van der Waals surface area contributed by atoms with E-state index < -0.39 is 15.2 Å². The average molecular weight is 1230 g/mol. The molecule has 0 N–H and O–H groups in total. The fourth-order valence-corrected chi connectivity index (χ4v) is 13.8. The van der Waals surface area contributed by atoms with Gasteiger partial charge in [0, 0.05) is 12.3 Å². The molecular formula is C72H148FeO6P2. The molecule has 0 aromatic carbocycles. The number of rotatable bonds is 70. The molecule has 0 fully saturated rings. The van der Waals surface area contributed by atoms with Crippen LogP contribution in [0.1, 0.15) is 439 Å². The van der Waals surface area contributed by atoms with Gasteiger partial charge >= 0.3 is 17.1 Å². The van der Waals surface area contributed by atoms with Gasteiger partial charge in [-0.3, -0.25) is 0 Å². The largest absolute Gasteiger partial charge is 2.00 e. The molecule has 0 amide bonds. The fourth-order valence-electron chi connectivity index (χ4n) is 11.5. The van der Waals surface area contributed by atoms with E-state index in [9.17, 15) is 18.9 Å². The molecule has 2 atom stereocenters. The zero-order valence-electron chi connectivity index (χ0n) is 55.8. The van der Waals surface area contributed by atoms with Gasteiger partial charge in [-0.15, -0.1) is 0 Å². The molecule has 0 aliphatic carbocycles. The average Bonchev–Trinajstić information content (AvgIpc) is 3.44. The van der Waals surface area contributed by atoms with Gasteiger partial charge in [0.25, 0.3) is 0 Å². The van der Waals surface area contributed by atoms with Crippen LogP contribution in [0.2, 0.25) is 0 Å². The summed E-state index contributed by atoms with van der Waals surface area (Å²) in [6.45, 7) is 9.90. The second kappa shape index (κ2) is 75.1. The minimum atomic E-state index is -3.62. The normalized spacial score (nSPS) is 13.0. The summed E-state index contributed by atoms with van der Waals surface area (Å²) in [5.74, 6) is 0. The van der Waals surface area contributed by atoms with Crippen LogP contribution < -0.4 is 9.79 Å². The van der Waals surface area contributed by atoms with Crippen LogP contribution in [0.4, 0.5) is 0 Å². The van der Waals surface area contributed by atoms with Gasteiger partial charge in [-0.25, -0.2) is 0 Å². The Balaban J connectivity index is -0.00000148. The molecule has 0 rings (SSSR count). The molecule has 0 aromatic rings. The summed E-state index contributed by atoms with van der Waals surface area (Å²) in [6.07, 6.45) is 84.8. The molecule has 0 aromatic heterocycles. The Hall–Kier alpha value is 0.819. The second-order valence-corrected chi connectivity index (χ2v) is 29.4. The van der Waals surface area contributed by atoms with E-state index in [1.165, 1.54) is 347 Å². The molecule has 0 saturated carbocycles. The third-order valence-electron chi connectivity index (χ3n) is 17.1. The number of hydrogen-bond acceptors (Lipinski definition) is 6. The summed E-state index contributed by atoms with van der Waals surface area (Å²) in [6, 6.07) is 0. The molecule has 81 heavy (non-hydrogen) atoms. The Morgan fingerprint density at radius 2 is 0.309 bits per heavy atom. The smallest absolute Gasteiger partial charge is 0.778 e. The Labute approximate surface area is 521 Å². The molecule has 0 bridgehead atoms. The summed E-state index contributed by atoms with van der Waals surface area (Å²) in [5, 5.41) is 0. The monoisotopic (exact) mass is 1230 g/mol. The van der Waals surface area contributed by atoms with Crippen LogP contribution in [0.3, 0.4) is 0 Å². The van der Waals surface area contributed by atoms with Crippen molar-refractivity contribution >= 4 is 15.2 Å². The van der Waals surface area contributed by atoms with Crippen molar-refractivity contribution in [2.45, 2.75) is 439 Å². The van der Waals surface area contributed by atoms with E-state index >= 15 is 0 Å². The number of unbranched alkanes of at least 4 members (excludes halogenated alkanes) is 60. The first kappa shape index (κ1) is 86.0. The molecule has 490 valence electrons. The minimum Gasteiger partial charge on any atom is -0.778 e. The van der Waals surface area contributed by atoms with Gasteiger partial charge in [0.2, 0.25) is 0 Å². The SMILES string of the molecule is CCCCCCCCCCCCCCCCCCOP(=O)([O-])CCCCCCCCCCCCCCCCCC.CCCCCCCCCCCCCCCCCCOP(=O)([O-])CCCCCCCCCCCCCCCCCC.[Fe+2]. The molecule has 0 heterocycles. The van der Waals surface area contributed by atoms with Crippen LogP contribution in [-0.2, 0) is 35.2 Å². The summed E-state index contributed by atoms with van der Waals surface area (Å²) in [5.41, 5.74) is 0. The molecule has 0 radical (unpaired) electrons. The Bertz CT molecular complexity index is 1120. The van der Waals surface area contributed by atoms with E-state index in [2.05, 4.69) is 27.7 Å². The van der Waals surface area contributed by atoms with E-state index in [1.54, 1.807) is 0 Å². The summed E-state index contributed by atoms with van der Waals surface area (Å²) < 4.78 is 34.8. The van der Waals surface area contributed by atoms with Gasteiger partial charge in [0.05, 0.1) is 13.2 Å². The molecule has 2 unspecified atom stereocenters. The predicted octanol–water partition coefficient (Wildman–Crippen LogP) is 26.2. The van der Waals surface area contributed by atoms with Crippen molar-refractivity contribution in [3.63, 3.8) is 0 Å². The Kier molecular flexibility index (Phi) is 79.7. The summed E-state index contributed by atoms with van der Waals surface area (Å²) in [4.78, 5) is 24.3. The van der Waals surface area contributed by atoms with Crippen LogP contribution in [0.15, 0.2) is 0 Å². The maximum Gasteiger partial charge on any atom is 2.00 e. The molecule has 9 heteroatoms. The van der Waals surface area contributed by atoms with Gasteiger partial charge in [-0.2, -0.15) is 0 Å². The third-order valence-corrected chi connectivity index (χ3v) is 20.0. The van der Waals surface area contributed by atoms with E-state index in [-0.39, 0.29) is 29.4 Å². The maximum absolute atomic E-state index is 12.1. The first-order valence-corrected chi connectivity index (χ1v) is 40.6. The van der Waals surface area contributed by atoms with Crippen molar-refractivity contribution < 1.29 is 45.0 Å². The molecule has 6 nitrogen and oxygen atoms in total. The van der Waals surface area contributed by atoms with Crippen molar-refractivity contribution in [3.05, 3.63) is 0 Å². The van der Waals surface area contributed by atoms with E-state index in [1.807, 2.05) is 0 Å². The topological polar surface area (TPSA) is 98.7 Å². The Morgan fingerprint density at radius 3 is 0.444 bits per heavy atom. The summed E-state index contributed by atoms with van der Waals surface area (Å²) in [7, 11) is -7.24. The third kappa shape index (κ3) is 80.8. The maximum atomic E-state index is 12.1. The first-order valence-electron chi connectivity index (χ1n) is 37.1. The zero-order chi connectivity index (χ0) is 58.5. The Morgan fingerprint density at radius 1 is 0.198 bits per heavy atom. The van der Waals surface area contributed by atoms with Gasteiger partial charge in [0.15, 0.2) is 0 Å². The van der Waals surface area contributed by atoms with Crippen LogP contribution in [0.5, 0.6) is 0 Å². The molecular weight excluding hydrogens is 1080 g/mol. The van der Waals surface area contributed by atoms with Crippen molar-refractivity contribution in [1.29, 1.82) is 0 Å². The van der Waals surface area contributed by atoms with E-state index in [0.717, 1.165) is 64.2 Å². The van der Waals surface area contributed by atoms with Crippen LogP contribution in [-0.4, -0.2) is 25.5 Å². The van der Waals surface area contributed by atoms with Crippen LogP contribution >= 0.6 is 15.2 Å². The predicted molar refractivity (Wildman–Crippen MR) is 355 cm³/mol. The van der Waals surface area contributed by atoms with Gasteiger partial charge in [-0.1, -0.05) is 413 Å². The van der Waals surface area contributed by atoms with Crippen molar-refractivity contribution in [2.24, 2.45) is 0 Å². The number of hydrogen-bond donors (Lipinski definition) is 0. The second-order valence-electron chi connectivity index (χ2n) is 25.5. The molecule has 0 aliphatic rings. The van der Waals surface area contributed by atoms with Crippen molar-refractivity contribution in [1.82, 2.24) is 0 Å².